The molecule has 0 aromatic heterocycles. The van der Waals surface area contributed by atoms with Crippen molar-refractivity contribution in [2.45, 2.75) is 26.0 Å². The van der Waals surface area contributed by atoms with Gasteiger partial charge in [-0.05, 0) is 29.9 Å². The molecule has 4 nitrogen and oxygen atoms in total. The minimum absolute atomic E-state index is 0.0833. The van der Waals surface area contributed by atoms with Gasteiger partial charge in [0, 0.05) is 20.2 Å². The van der Waals surface area contributed by atoms with Gasteiger partial charge in [-0.1, -0.05) is 24.3 Å². The van der Waals surface area contributed by atoms with Crippen LogP contribution in [0.2, 0.25) is 0 Å². The number of carbonyl (C=O) groups is 1. The molecule has 2 N–H and O–H groups in total. The number of hydrogen-bond donors (Lipinski definition) is 2. The second-order valence-corrected chi connectivity index (χ2v) is 5.10. The molecule has 0 aliphatic heterocycles. The molecule has 104 valence electrons. The number of rotatable bonds is 8. The third kappa shape index (κ3) is 5.41. The summed E-state index contributed by atoms with van der Waals surface area (Å²) >= 11 is 0. The Labute approximate surface area is 114 Å². The van der Waals surface area contributed by atoms with Crippen LogP contribution in [0.5, 0.6) is 0 Å². The van der Waals surface area contributed by atoms with Gasteiger partial charge in [-0.3, -0.25) is 4.79 Å². The van der Waals surface area contributed by atoms with E-state index in [1.807, 2.05) is 18.2 Å². The van der Waals surface area contributed by atoms with Crippen LogP contribution in [0.1, 0.15) is 24.0 Å². The Morgan fingerprint density at radius 1 is 1.37 bits per heavy atom. The molecule has 0 saturated heterocycles. The third-order valence-electron chi connectivity index (χ3n) is 3.20. The Kier molecular flexibility index (Phi) is 5.36. The average molecular weight is 262 g/mol. The van der Waals surface area contributed by atoms with E-state index >= 15 is 0 Å². The molecule has 1 aliphatic carbocycles. The molecule has 1 aromatic carbocycles. The SMILES string of the molecule is COCc1cccc(CNCC(=O)NCC2CC2)c1. The molecule has 19 heavy (non-hydrogen) atoms. The molecule has 0 bridgehead atoms. The highest BCUT2D eigenvalue weighted by atomic mass is 16.5. The molecule has 4 heteroatoms. The summed E-state index contributed by atoms with van der Waals surface area (Å²) in [6.07, 6.45) is 2.53. The Morgan fingerprint density at radius 2 is 2.16 bits per heavy atom. The van der Waals surface area contributed by atoms with Crippen molar-refractivity contribution in [1.82, 2.24) is 10.6 Å². The van der Waals surface area contributed by atoms with Gasteiger partial charge in [-0.15, -0.1) is 0 Å². The van der Waals surface area contributed by atoms with E-state index in [0.717, 1.165) is 18.0 Å². The first-order valence-corrected chi connectivity index (χ1v) is 6.82. The normalized spacial score (nSPS) is 14.4. The van der Waals surface area contributed by atoms with E-state index in [0.29, 0.717) is 19.7 Å². The summed E-state index contributed by atoms with van der Waals surface area (Å²) in [4.78, 5) is 11.5. The summed E-state index contributed by atoms with van der Waals surface area (Å²) in [5.41, 5.74) is 2.32. The van der Waals surface area contributed by atoms with Gasteiger partial charge >= 0.3 is 0 Å². The van der Waals surface area contributed by atoms with Crippen LogP contribution in [0.4, 0.5) is 0 Å². The number of nitrogens with one attached hydrogen (secondary N) is 2. The number of benzene rings is 1. The summed E-state index contributed by atoms with van der Waals surface area (Å²) in [6, 6.07) is 8.20. The number of hydrogen-bond acceptors (Lipinski definition) is 3. The molecule has 0 atom stereocenters. The van der Waals surface area contributed by atoms with E-state index in [9.17, 15) is 4.79 Å². The monoisotopic (exact) mass is 262 g/mol. The summed E-state index contributed by atoms with van der Waals surface area (Å²) in [7, 11) is 1.69. The second-order valence-electron chi connectivity index (χ2n) is 5.10. The molecular formula is C15H22N2O2. The van der Waals surface area contributed by atoms with Crippen molar-refractivity contribution >= 4 is 5.91 Å². The molecule has 1 fully saturated rings. The quantitative estimate of drug-likeness (QED) is 0.745. The van der Waals surface area contributed by atoms with Crippen molar-refractivity contribution in [3.63, 3.8) is 0 Å². The first-order valence-electron chi connectivity index (χ1n) is 6.82. The lowest BCUT2D eigenvalue weighted by Gasteiger charge is -2.07. The van der Waals surface area contributed by atoms with Crippen LogP contribution in [0, 0.1) is 5.92 Å². The molecule has 2 rings (SSSR count). The maximum atomic E-state index is 11.5. The van der Waals surface area contributed by atoms with Gasteiger partial charge in [-0.25, -0.2) is 0 Å². The molecule has 1 amide bonds. The molecule has 0 heterocycles. The van der Waals surface area contributed by atoms with E-state index in [4.69, 9.17) is 4.74 Å². The predicted octanol–water partition coefficient (Wildman–Crippen LogP) is 1.45. The number of methoxy groups -OCH3 is 1. The van der Waals surface area contributed by atoms with Gasteiger partial charge in [0.15, 0.2) is 0 Å². The highest BCUT2D eigenvalue weighted by molar-refractivity contribution is 5.77. The van der Waals surface area contributed by atoms with Crippen molar-refractivity contribution < 1.29 is 9.53 Å². The summed E-state index contributed by atoms with van der Waals surface area (Å²) < 4.78 is 5.10. The lowest BCUT2D eigenvalue weighted by Crippen LogP contribution is -2.34. The summed E-state index contributed by atoms with van der Waals surface area (Å²) in [5, 5.41) is 6.10. The molecule has 1 aromatic rings. The van der Waals surface area contributed by atoms with Gasteiger partial charge in [0.25, 0.3) is 0 Å². The zero-order chi connectivity index (χ0) is 13.5. The third-order valence-corrected chi connectivity index (χ3v) is 3.20. The largest absolute Gasteiger partial charge is 0.380 e. The first-order chi connectivity index (χ1) is 9.28. The van der Waals surface area contributed by atoms with Crippen LogP contribution in [0.3, 0.4) is 0 Å². The predicted molar refractivity (Wildman–Crippen MR) is 74.6 cm³/mol. The molecule has 0 spiro atoms. The van der Waals surface area contributed by atoms with Crippen molar-refractivity contribution in [2.75, 3.05) is 20.2 Å². The van der Waals surface area contributed by atoms with Crippen molar-refractivity contribution in [2.24, 2.45) is 5.92 Å². The fourth-order valence-electron chi connectivity index (χ4n) is 1.96. The minimum atomic E-state index is 0.0833. The molecule has 1 aliphatic rings. The van der Waals surface area contributed by atoms with Crippen LogP contribution in [0.15, 0.2) is 24.3 Å². The van der Waals surface area contributed by atoms with Crippen molar-refractivity contribution in [1.29, 1.82) is 0 Å². The van der Waals surface area contributed by atoms with E-state index < -0.39 is 0 Å². The maximum absolute atomic E-state index is 11.5. The van der Waals surface area contributed by atoms with Crippen LogP contribution in [-0.4, -0.2) is 26.1 Å². The van der Waals surface area contributed by atoms with Crippen LogP contribution in [0.25, 0.3) is 0 Å². The zero-order valence-corrected chi connectivity index (χ0v) is 11.4. The molecule has 0 radical (unpaired) electrons. The maximum Gasteiger partial charge on any atom is 0.233 e. The molecular weight excluding hydrogens is 240 g/mol. The Bertz CT molecular complexity index is 416. The Hall–Kier alpha value is -1.39. The highest BCUT2D eigenvalue weighted by Crippen LogP contribution is 2.27. The first kappa shape index (κ1) is 14.0. The van der Waals surface area contributed by atoms with Gasteiger partial charge in [-0.2, -0.15) is 0 Å². The van der Waals surface area contributed by atoms with Gasteiger partial charge < -0.3 is 15.4 Å². The van der Waals surface area contributed by atoms with E-state index in [-0.39, 0.29) is 5.91 Å². The van der Waals surface area contributed by atoms with Gasteiger partial charge in [0.05, 0.1) is 13.2 Å². The highest BCUT2D eigenvalue weighted by Gasteiger charge is 2.21. The summed E-state index contributed by atoms with van der Waals surface area (Å²) in [5.74, 6) is 0.814. The van der Waals surface area contributed by atoms with Gasteiger partial charge in [0.2, 0.25) is 5.91 Å². The fraction of sp³-hybridized carbons (Fsp3) is 0.533. The average Bonchev–Trinajstić information content (AvgIpc) is 3.21. The topological polar surface area (TPSA) is 50.4 Å². The lowest BCUT2D eigenvalue weighted by atomic mass is 10.1. The standard InChI is InChI=1S/C15H22N2O2/c1-19-11-14-4-2-3-13(7-14)8-16-10-15(18)17-9-12-5-6-12/h2-4,7,12,16H,5-6,8-11H2,1H3,(H,17,18). The van der Waals surface area contributed by atoms with Gasteiger partial charge in [0.1, 0.15) is 0 Å². The van der Waals surface area contributed by atoms with Crippen LogP contribution >= 0.6 is 0 Å². The molecule has 0 unspecified atom stereocenters. The molecule has 1 saturated carbocycles. The number of amides is 1. The lowest BCUT2D eigenvalue weighted by molar-refractivity contribution is -0.120. The minimum Gasteiger partial charge on any atom is -0.380 e. The number of carbonyl (C=O) groups excluding carboxylic acids is 1. The smallest absolute Gasteiger partial charge is 0.233 e. The van der Waals surface area contributed by atoms with Crippen molar-refractivity contribution in [3.8, 4) is 0 Å². The van der Waals surface area contributed by atoms with E-state index in [2.05, 4.69) is 16.7 Å². The van der Waals surface area contributed by atoms with Crippen LogP contribution < -0.4 is 10.6 Å². The Balaban J connectivity index is 1.66. The second kappa shape index (κ2) is 7.26. The van der Waals surface area contributed by atoms with Crippen LogP contribution in [-0.2, 0) is 22.7 Å². The zero-order valence-electron chi connectivity index (χ0n) is 11.4. The number of ether oxygens (including phenoxy) is 1. The summed E-state index contributed by atoms with van der Waals surface area (Å²) in [6.45, 7) is 2.54. The Morgan fingerprint density at radius 3 is 2.89 bits per heavy atom. The van der Waals surface area contributed by atoms with E-state index in [1.165, 1.54) is 18.4 Å². The van der Waals surface area contributed by atoms with Crippen molar-refractivity contribution in [3.05, 3.63) is 35.4 Å². The van der Waals surface area contributed by atoms with E-state index in [1.54, 1.807) is 7.11 Å². The fourth-order valence-corrected chi connectivity index (χ4v) is 1.96.